The number of imidazole rings is 1. The molecule has 23 heavy (non-hydrogen) atoms. The van der Waals surface area contributed by atoms with Gasteiger partial charge in [-0.1, -0.05) is 26.0 Å². The van der Waals surface area contributed by atoms with Crippen molar-refractivity contribution in [2.45, 2.75) is 70.5 Å². The second-order valence-corrected chi connectivity index (χ2v) is 7.92. The van der Waals surface area contributed by atoms with E-state index < -0.39 is 0 Å². The van der Waals surface area contributed by atoms with E-state index in [9.17, 15) is 0 Å². The Labute approximate surface area is 139 Å². The molecular weight excluding hydrogens is 282 g/mol. The average Bonchev–Trinajstić information content (AvgIpc) is 3.06. The second kappa shape index (κ2) is 6.27. The van der Waals surface area contributed by atoms with Crippen molar-refractivity contribution in [3.63, 3.8) is 0 Å². The van der Waals surface area contributed by atoms with Crippen LogP contribution in [0.3, 0.4) is 0 Å². The summed E-state index contributed by atoms with van der Waals surface area (Å²) in [6.45, 7) is 5.99. The predicted molar refractivity (Wildman–Crippen MR) is 95.6 cm³/mol. The Kier molecular flexibility index (Phi) is 4.14. The van der Waals surface area contributed by atoms with E-state index in [4.69, 9.17) is 0 Å². The number of hydrogen-bond donors (Lipinski definition) is 0. The third-order valence-corrected chi connectivity index (χ3v) is 5.93. The van der Waals surface area contributed by atoms with Gasteiger partial charge in [-0.3, -0.25) is 4.90 Å². The van der Waals surface area contributed by atoms with Crippen molar-refractivity contribution in [3.8, 4) is 0 Å². The number of aromatic nitrogens is 2. The van der Waals surface area contributed by atoms with Gasteiger partial charge in [-0.15, -0.1) is 0 Å². The first-order chi connectivity index (χ1) is 11.2. The van der Waals surface area contributed by atoms with Gasteiger partial charge < -0.3 is 4.57 Å². The first kappa shape index (κ1) is 15.2. The van der Waals surface area contributed by atoms with Gasteiger partial charge in [0.25, 0.3) is 0 Å². The lowest BCUT2D eigenvalue weighted by Crippen LogP contribution is -2.43. The Morgan fingerprint density at radius 1 is 1.09 bits per heavy atom. The molecule has 1 aromatic heterocycles. The summed E-state index contributed by atoms with van der Waals surface area (Å²) in [7, 11) is 0. The van der Waals surface area contributed by atoms with Crippen molar-refractivity contribution in [3.05, 3.63) is 30.6 Å². The first-order valence-corrected chi connectivity index (χ1v) is 9.39. The van der Waals surface area contributed by atoms with E-state index in [1.807, 2.05) is 0 Å². The fraction of sp³-hybridized carbons (Fsp3) is 0.650. The minimum atomic E-state index is 0.640. The van der Waals surface area contributed by atoms with Crippen molar-refractivity contribution in [2.24, 2.45) is 5.92 Å². The van der Waals surface area contributed by atoms with Crippen LogP contribution in [0.2, 0.25) is 0 Å². The highest BCUT2D eigenvalue weighted by Crippen LogP contribution is 2.41. The topological polar surface area (TPSA) is 21.1 Å². The van der Waals surface area contributed by atoms with E-state index in [0.29, 0.717) is 6.04 Å². The molecule has 3 heteroatoms. The van der Waals surface area contributed by atoms with Crippen molar-refractivity contribution in [1.29, 1.82) is 0 Å². The molecule has 0 amide bonds. The van der Waals surface area contributed by atoms with Gasteiger partial charge in [0.15, 0.2) is 0 Å². The van der Waals surface area contributed by atoms with Crippen LogP contribution in [0, 0.1) is 5.92 Å². The first-order valence-electron chi connectivity index (χ1n) is 9.39. The molecule has 0 N–H and O–H groups in total. The maximum Gasteiger partial charge on any atom is 0.0960 e. The Hall–Kier alpha value is -1.35. The summed E-state index contributed by atoms with van der Waals surface area (Å²) in [5.74, 6) is 0.836. The van der Waals surface area contributed by atoms with Gasteiger partial charge in [-0.2, -0.15) is 0 Å². The number of benzene rings is 1. The number of fused-ring (bicyclic) bond motifs is 3. The van der Waals surface area contributed by atoms with E-state index in [2.05, 4.69) is 58.9 Å². The molecule has 124 valence electrons. The Bertz CT molecular complexity index is 646. The van der Waals surface area contributed by atoms with Crippen molar-refractivity contribution in [1.82, 2.24) is 14.5 Å². The molecule has 1 aromatic carbocycles. The zero-order valence-corrected chi connectivity index (χ0v) is 14.5. The number of piperidine rings is 1. The van der Waals surface area contributed by atoms with Crippen LogP contribution in [-0.4, -0.2) is 33.1 Å². The third kappa shape index (κ3) is 2.91. The van der Waals surface area contributed by atoms with Crippen LogP contribution in [0.4, 0.5) is 0 Å². The molecule has 3 nitrogen and oxygen atoms in total. The molecule has 0 radical (unpaired) electrons. The summed E-state index contributed by atoms with van der Waals surface area (Å²) in [4.78, 5) is 7.43. The van der Waals surface area contributed by atoms with Crippen LogP contribution in [-0.2, 0) is 0 Å². The summed E-state index contributed by atoms with van der Waals surface area (Å²) >= 11 is 0. The Morgan fingerprint density at radius 2 is 1.83 bits per heavy atom. The maximum absolute atomic E-state index is 4.60. The maximum atomic E-state index is 4.60. The quantitative estimate of drug-likeness (QED) is 0.802. The molecule has 2 fully saturated rings. The minimum absolute atomic E-state index is 0.640. The Morgan fingerprint density at radius 3 is 2.57 bits per heavy atom. The van der Waals surface area contributed by atoms with Gasteiger partial charge in [-0.25, -0.2) is 4.98 Å². The molecule has 2 aliphatic rings. The zero-order chi connectivity index (χ0) is 15.8. The fourth-order valence-electron chi connectivity index (χ4n) is 4.79. The van der Waals surface area contributed by atoms with Crippen LogP contribution in [0.25, 0.3) is 11.0 Å². The van der Waals surface area contributed by atoms with E-state index in [1.54, 1.807) is 0 Å². The molecule has 3 heterocycles. The monoisotopic (exact) mass is 311 g/mol. The van der Waals surface area contributed by atoms with E-state index in [1.165, 1.54) is 50.6 Å². The van der Waals surface area contributed by atoms with Gasteiger partial charge in [0.2, 0.25) is 0 Å². The number of rotatable bonds is 5. The molecule has 0 spiro atoms. The lowest BCUT2D eigenvalue weighted by Gasteiger charge is -2.39. The molecule has 0 saturated carbocycles. The second-order valence-electron chi connectivity index (χ2n) is 7.92. The van der Waals surface area contributed by atoms with Gasteiger partial charge in [0, 0.05) is 18.1 Å². The molecule has 0 aliphatic carbocycles. The molecule has 2 bridgehead atoms. The largest absolute Gasteiger partial charge is 0.327 e. The number of para-hydroxylation sites is 2. The summed E-state index contributed by atoms with van der Waals surface area (Å²) < 4.78 is 2.45. The highest BCUT2D eigenvalue weighted by molar-refractivity contribution is 5.75. The summed E-state index contributed by atoms with van der Waals surface area (Å²) in [5, 5.41) is 0. The van der Waals surface area contributed by atoms with E-state index in [0.717, 1.165) is 23.5 Å². The molecule has 2 atom stereocenters. The summed E-state index contributed by atoms with van der Waals surface area (Å²) in [6, 6.07) is 10.8. The standard InChI is InChI=1S/C20H29N3/c1-15(2)6-5-11-22-16-9-10-17(22)13-18(12-16)23-14-21-19-7-3-4-8-20(19)23/h3-4,7-8,14-18H,5-6,9-13H2,1-2H3. The average molecular weight is 311 g/mol. The summed E-state index contributed by atoms with van der Waals surface area (Å²) in [5.41, 5.74) is 2.45. The van der Waals surface area contributed by atoms with Crippen LogP contribution in [0.1, 0.15) is 58.4 Å². The van der Waals surface area contributed by atoms with E-state index in [-0.39, 0.29) is 0 Å². The summed E-state index contributed by atoms with van der Waals surface area (Å²) in [6.07, 6.45) is 10.2. The van der Waals surface area contributed by atoms with Gasteiger partial charge in [0.1, 0.15) is 0 Å². The smallest absolute Gasteiger partial charge is 0.0960 e. The van der Waals surface area contributed by atoms with Gasteiger partial charge in [0.05, 0.1) is 17.4 Å². The molecule has 2 unspecified atom stereocenters. The van der Waals surface area contributed by atoms with Gasteiger partial charge >= 0.3 is 0 Å². The van der Waals surface area contributed by atoms with Crippen molar-refractivity contribution in [2.75, 3.05) is 6.54 Å². The Balaban J connectivity index is 1.47. The molecule has 2 aliphatic heterocycles. The molecule has 2 aromatic rings. The molecule has 4 rings (SSSR count). The molecule has 2 saturated heterocycles. The highest BCUT2D eigenvalue weighted by atomic mass is 15.2. The minimum Gasteiger partial charge on any atom is -0.327 e. The van der Waals surface area contributed by atoms with Crippen LogP contribution in [0.15, 0.2) is 30.6 Å². The lowest BCUT2D eigenvalue weighted by molar-refractivity contribution is 0.105. The number of hydrogen-bond acceptors (Lipinski definition) is 2. The predicted octanol–water partition coefficient (Wildman–Crippen LogP) is 4.64. The fourth-order valence-corrected chi connectivity index (χ4v) is 4.79. The lowest BCUT2D eigenvalue weighted by atomic mass is 9.96. The number of nitrogens with zero attached hydrogens (tertiary/aromatic N) is 3. The van der Waals surface area contributed by atoms with E-state index >= 15 is 0 Å². The van der Waals surface area contributed by atoms with Crippen LogP contribution in [0.5, 0.6) is 0 Å². The van der Waals surface area contributed by atoms with Crippen molar-refractivity contribution >= 4 is 11.0 Å². The van der Waals surface area contributed by atoms with Crippen LogP contribution >= 0.6 is 0 Å². The zero-order valence-electron chi connectivity index (χ0n) is 14.5. The van der Waals surface area contributed by atoms with Crippen molar-refractivity contribution < 1.29 is 0 Å². The highest BCUT2D eigenvalue weighted by Gasteiger charge is 2.40. The normalized spacial score (nSPS) is 28.0. The SMILES string of the molecule is CC(C)CCCN1C2CCC1CC(n1cnc3ccccc31)C2. The molecular formula is C20H29N3. The van der Waals surface area contributed by atoms with Crippen LogP contribution < -0.4 is 0 Å². The van der Waals surface area contributed by atoms with Gasteiger partial charge in [-0.05, 0) is 63.1 Å². The third-order valence-electron chi connectivity index (χ3n) is 5.93.